The molecule has 0 bridgehead atoms. The van der Waals surface area contributed by atoms with E-state index in [0.29, 0.717) is 12.5 Å². The number of nitrogens with two attached hydrogens (primary N) is 1. The average Bonchev–Trinajstić information content (AvgIpc) is 3.25. The van der Waals surface area contributed by atoms with E-state index < -0.39 is 0 Å². The molecule has 0 unspecified atom stereocenters. The van der Waals surface area contributed by atoms with Crippen LogP contribution in [0.1, 0.15) is 10.6 Å². The highest BCUT2D eigenvalue weighted by atomic mass is 127. The summed E-state index contributed by atoms with van der Waals surface area (Å²) in [6.07, 6.45) is 0.940. The number of aromatic nitrogens is 1. The van der Waals surface area contributed by atoms with Gasteiger partial charge in [-0.3, -0.25) is 0 Å². The standard InChI is InChI=1S/C17H18N4OS.HI/c18-17(19-9-8-15-7-4-10-23-15)20-12-14-11-16(22-21-14)13-5-2-1-3-6-13;/h1-7,10-11H,8-9,12H2,(H3,18,19,20);1H. The molecule has 5 nitrogen and oxygen atoms in total. The molecule has 2 aromatic heterocycles. The minimum atomic E-state index is 0. The Hall–Kier alpha value is -1.87. The molecule has 0 aliphatic carbocycles. The molecule has 0 radical (unpaired) electrons. The molecule has 24 heavy (non-hydrogen) atoms. The molecule has 0 spiro atoms. The van der Waals surface area contributed by atoms with Crippen LogP contribution in [0.25, 0.3) is 11.3 Å². The molecular weight excluding hydrogens is 435 g/mol. The second-order valence-corrected chi connectivity index (χ2v) is 6.04. The molecule has 0 amide bonds. The fraction of sp³-hybridized carbons (Fsp3) is 0.176. The maximum Gasteiger partial charge on any atom is 0.188 e. The van der Waals surface area contributed by atoms with Crippen molar-refractivity contribution in [2.24, 2.45) is 10.7 Å². The summed E-state index contributed by atoms with van der Waals surface area (Å²) in [4.78, 5) is 5.61. The lowest BCUT2D eigenvalue weighted by molar-refractivity contribution is 0.424. The Kier molecular flexibility index (Phi) is 7.26. The molecule has 3 rings (SSSR count). The van der Waals surface area contributed by atoms with Gasteiger partial charge in [-0.15, -0.1) is 35.3 Å². The Morgan fingerprint density at radius 3 is 2.79 bits per heavy atom. The molecule has 3 N–H and O–H groups in total. The van der Waals surface area contributed by atoms with Crippen molar-refractivity contribution in [3.63, 3.8) is 0 Å². The highest BCUT2D eigenvalue weighted by Gasteiger charge is 2.05. The summed E-state index contributed by atoms with van der Waals surface area (Å²) in [5.41, 5.74) is 7.62. The first-order chi connectivity index (χ1) is 11.3. The van der Waals surface area contributed by atoms with Crippen molar-refractivity contribution in [1.82, 2.24) is 10.5 Å². The minimum Gasteiger partial charge on any atom is -0.370 e. The third-order valence-corrected chi connectivity index (χ3v) is 4.22. The van der Waals surface area contributed by atoms with Crippen LogP contribution in [0.2, 0.25) is 0 Å². The van der Waals surface area contributed by atoms with E-state index in [2.05, 4.69) is 26.9 Å². The van der Waals surface area contributed by atoms with Crippen molar-refractivity contribution >= 4 is 41.3 Å². The number of rotatable bonds is 6. The third kappa shape index (κ3) is 5.34. The molecule has 2 heterocycles. The first kappa shape index (κ1) is 18.5. The fourth-order valence-electron chi connectivity index (χ4n) is 2.12. The van der Waals surface area contributed by atoms with E-state index in [1.807, 2.05) is 42.5 Å². The molecule has 0 aliphatic rings. The van der Waals surface area contributed by atoms with E-state index in [4.69, 9.17) is 10.3 Å². The quantitative estimate of drug-likeness (QED) is 0.339. The molecule has 3 aromatic rings. The zero-order valence-electron chi connectivity index (χ0n) is 13.0. The first-order valence-corrected chi connectivity index (χ1v) is 8.26. The minimum absolute atomic E-state index is 0. The number of nitrogens with one attached hydrogen (secondary N) is 1. The lowest BCUT2D eigenvalue weighted by atomic mass is 10.2. The van der Waals surface area contributed by atoms with Crippen LogP contribution >= 0.6 is 35.3 Å². The molecule has 0 fully saturated rings. The summed E-state index contributed by atoms with van der Waals surface area (Å²) >= 11 is 1.74. The molecule has 7 heteroatoms. The van der Waals surface area contributed by atoms with Crippen LogP contribution in [0, 0.1) is 0 Å². The van der Waals surface area contributed by atoms with Gasteiger partial charge in [-0.2, -0.15) is 0 Å². The lowest BCUT2D eigenvalue weighted by Gasteiger charge is -2.03. The van der Waals surface area contributed by atoms with E-state index in [1.54, 1.807) is 11.3 Å². The Labute approximate surface area is 162 Å². The average molecular weight is 454 g/mol. The third-order valence-electron chi connectivity index (χ3n) is 3.29. The van der Waals surface area contributed by atoms with Crippen LogP contribution in [0.15, 0.2) is 63.4 Å². The number of halogens is 1. The van der Waals surface area contributed by atoms with Gasteiger partial charge >= 0.3 is 0 Å². The zero-order chi connectivity index (χ0) is 15.9. The van der Waals surface area contributed by atoms with E-state index in [0.717, 1.165) is 30.0 Å². The van der Waals surface area contributed by atoms with Gasteiger partial charge in [-0.25, -0.2) is 4.99 Å². The van der Waals surface area contributed by atoms with Crippen molar-refractivity contribution < 1.29 is 4.52 Å². The summed E-state index contributed by atoms with van der Waals surface area (Å²) in [6, 6.07) is 15.9. The van der Waals surface area contributed by atoms with Crippen molar-refractivity contribution in [1.29, 1.82) is 0 Å². The van der Waals surface area contributed by atoms with Crippen LogP contribution < -0.4 is 11.1 Å². The van der Waals surface area contributed by atoms with Gasteiger partial charge in [-0.1, -0.05) is 41.6 Å². The van der Waals surface area contributed by atoms with Crippen LogP contribution in [-0.4, -0.2) is 17.7 Å². The van der Waals surface area contributed by atoms with Crippen molar-refractivity contribution in [2.45, 2.75) is 13.0 Å². The number of nitrogens with zero attached hydrogens (tertiary/aromatic N) is 2. The van der Waals surface area contributed by atoms with Gasteiger partial charge < -0.3 is 15.6 Å². The van der Waals surface area contributed by atoms with Crippen LogP contribution in [0.5, 0.6) is 0 Å². The smallest absolute Gasteiger partial charge is 0.188 e. The first-order valence-electron chi connectivity index (χ1n) is 7.38. The Morgan fingerprint density at radius 1 is 1.21 bits per heavy atom. The SMILES string of the molecule is I.NC(=NCc1cc(-c2ccccc2)on1)NCCc1cccs1. The normalized spacial score (nSPS) is 11.1. The number of hydrogen-bond acceptors (Lipinski definition) is 4. The molecule has 0 saturated heterocycles. The zero-order valence-corrected chi connectivity index (χ0v) is 16.2. The Bertz CT molecular complexity index is 756. The monoisotopic (exact) mass is 454 g/mol. The van der Waals surface area contributed by atoms with Crippen LogP contribution in [0.3, 0.4) is 0 Å². The van der Waals surface area contributed by atoms with Crippen molar-refractivity contribution in [3.05, 3.63) is 64.5 Å². The number of hydrogen-bond donors (Lipinski definition) is 2. The number of aliphatic imine (C=N–C) groups is 1. The summed E-state index contributed by atoms with van der Waals surface area (Å²) in [7, 11) is 0. The second-order valence-electron chi connectivity index (χ2n) is 5.01. The highest BCUT2D eigenvalue weighted by molar-refractivity contribution is 14.0. The second kappa shape index (κ2) is 9.43. The molecule has 0 saturated carbocycles. The van der Waals surface area contributed by atoms with Gasteiger partial charge in [-0.05, 0) is 17.9 Å². The van der Waals surface area contributed by atoms with E-state index in [1.165, 1.54) is 4.88 Å². The number of benzene rings is 1. The molecule has 126 valence electrons. The molecule has 0 atom stereocenters. The highest BCUT2D eigenvalue weighted by Crippen LogP contribution is 2.19. The van der Waals surface area contributed by atoms with Gasteiger partial charge in [0, 0.05) is 23.1 Å². The maximum absolute atomic E-state index is 5.86. The van der Waals surface area contributed by atoms with Crippen LogP contribution in [0.4, 0.5) is 0 Å². The number of thiophene rings is 1. The molecular formula is C17H19IN4OS. The van der Waals surface area contributed by atoms with Gasteiger partial charge in [0.2, 0.25) is 0 Å². The fourth-order valence-corrected chi connectivity index (χ4v) is 2.82. The number of guanidine groups is 1. The van der Waals surface area contributed by atoms with Gasteiger partial charge in [0.1, 0.15) is 5.69 Å². The summed E-state index contributed by atoms with van der Waals surface area (Å²) in [5, 5.41) is 9.20. The van der Waals surface area contributed by atoms with Gasteiger partial charge in [0.15, 0.2) is 11.7 Å². The predicted octanol–water partition coefficient (Wildman–Crippen LogP) is 3.67. The van der Waals surface area contributed by atoms with E-state index in [9.17, 15) is 0 Å². The Balaban J connectivity index is 0.00000208. The summed E-state index contributed by atoms with van der Waals surface area (Å²) in [6.45, 7) is 1.16. The van der Waals surface area contributed by atoms with Gasteiger partial charge in [0.05, 0.1) is 6.54 Å². The summed E-state index contributed by atoms with van der Waals surface area (Å²) < 4.78 is 5.33. The Morgan fingerprint density at radius 2 is 2.04 bits per heavy atom. The predicted molar refractivity (Wildman–Crippen MR) is 109 cm³/mol. The van der Waals surface area contributed by atoms with Crippen molar-refractivity contribution in [3.8, 4) is 11.3 Å². The van der Waals surface area contributed by atoms with E-state index >= 15 is 0 Å². The lowest BCUT2D eigenvalue weighted by Crippen LogP contribution is -2.33. The van der Waals surface area contributed by atoms with E-state index in [-0.39, 0.29) is 24.0 Å². The van der Waals surface area contributed by atoms with Gasteiger partial charge in [0.25, 0.3) is 0 Å². The largest absolute Gasteiger partial charge is 0.370 e. The topological polar surface area (TPSA) is 76.4 Å². The molecule has 1 aromatic carbocycles. The van der Waals surface area contributed by atoms with Crippen molar-refractivity contribution in [2.75, 3.05) is 6.54 Å². The maximum atomic E-state index is 5.86. The van der Waals surface area contributed by atoms with Crippen LogP contribution in [-0.2, 0) is 13.0 Å². The summed E-state index contributed by atoms with van der Waals surface area (Å²) in [5.74, 6) is 1.16. The molecule has 0 aliphatic heterocycles.